The van der Waals surface area contributed by atoms with Gasteiger partial charge in [0.1, 0.15) is 0 Å². The summed E-state index contributed by atoms with van der Waals surface area (Å²) in [7, 11) is 0. The van der Waals surface area contributed by atoms with Gasteiger partial charge in [0.05, 0.1) is 6.54 Å². The van der Waals surface area contributed by atoms with Gasteiger partial charge in [0.25, 0.3) is 0 Å². The molecule has 1 saturated heterocycles. The summed E-state index contributed by atoms with van der Waals surface area (Å²) in [4.78, 5) is 4.45. The Bertz CT molecular complexity index is 253. The van der Waals surface area contributed by atoms with E-state index in [1.807, 2.05) is 11.8 Å². The van der Waals surface area contributed by atoms with E-state index >= 15 is 0 Å². The second-order valence-corrected chi connectivity index (χ2v) is 7.14. The summed E-state index contributed by atoms with van der Waals surface area (Å²) in [6, 6.07) is 0.434. The first kappa shape index (κ1) is 19.4. The monoisotopic (exact) mass is 399 g/mol. The summed E-state index contributed by atoms with van der Waals surface area (Å²) in [6.07, 6.45) is 6.36. The molecule has 0 aromatic heterocycles. The lowest BCUT2D eigenvalue weighted by molar-refractivity contribution is 0.493. The lowest BCUT2D eigenvalue weighted by atomic mass is 10.0. The molecule has 0 saturated carbocycles. The van der Waals surface area contributed by atoms with Crippen molar-refractivity contribution in [3.63, 3.8) is 0 Å². The van der Waals surface area contributed by atoms with Crippen LogP contribution in [-0.4, -0.2) is 29.5 Å². The fourth-order valence-corrected chi connectivity index (χ4v) is 3.37. The third kappa shape index (κ3) is 9.82. The fourth-order valence-electron chi connectivity index (χ4n) is 2.19. The Balaban J connectivity index is 0.00000324. The van der Waals surface area contributed by atoms with Crippen molar-refractivity contribution < 1.29 is 0 Å². The van der Waals surface area contributed by atoms with Gasteiger partial charge in [-0.05, 0) is 37.9 Å². The van der Waals surface area contributed by atoms with Crippen molar-refractivity contribution in [1.29, 1.82) is 0 Å². The lowest BCUT2D eigenvalue weighted by Gasteiger charge is -2.15. The summed E-state index contributed by atoms with van der Waals surface area (Å²) in [5.41, 5.74) is 5.91. The van der Waals surface area contributed by atoms with Crippen LogP contribution in [0.1, 0.15) is 52.9 Å². The molecule has 0 aromatic carbocycles. The molecule has 114 valence electrons. The molecule has 1 heterocycles. The number of hydrogen-bond donors (Lipinski definition) is 2. The minimum atomic E-state index is 0. The summed E-state index contributed by atoms with van der Waals surface area (Å²) in [6.45, 7) is 7.61. The summed E-state index contributed by atoms with van der Waals surface area (Å²) >= 11 is 2.03. The number of guanidine groups is 1. The Morgan fingerprint density at radius 2 is 2.11 bits per heavy atom. The average molecular weight is 399 g/mol. The summed E-state index contributed by atoms with van der Waals surface area (Å²) in [5, 5.41) is 3.99. The molecule has 0 radical (unpaired) electrons. The van der Waals surface area contributed by atoms with Crippen molar-refractivity contribution in [3.05, 3.63) is 0 Å². The zero-order valence-electron chi connectivity index (χ0n) is 12.5. The maximum Gasteiger partial charge on any atom is 0.188 e. The number of hydrogen-bond acceptors (Lipinski definition) is 2. The van der Waals surface area contributed by atoms with Gasteiger partial charge in [-0.1, -0.05) is 26.7 Å². The SMILES string of the molecule is CC(C)CCCC(C)NC(N)=NCC1CCCS1.I. The topological polar surface area (TPSA) is 50.4 Å². The number of aliphatic imine (C=N–C) groups is 1. The van der Waals surface area contributed by atoms with Gasteiger partial charge in [-0.25, -0.2) is 0 Å². The Hall–Kier alpha value is 0.350. The van der Waals surface area contributed by atoms with Gasteiger partial charge in [-0.15, -0.1) is 24.0 Å². The molecule has 1 aliphatic heterocycles. The Kier molecular flexibility index (Phi) is 11.3. The van der Waals surface area contributed by atoms with E-state index in [0.29, 0.717) is 17.3 Å². The number of halogens is 1. The highest BCUT2D eigenvalue weighted by molar-refractivity contribution is 14.0. The molecule has 3 N–H and O–H groups in total. The van der Waals surface area contributed by atoms with Crippen molar-refractivity contribution in [2.24, 2.45) is 16.6 Å². The van der Waals surface area contributed by atoms with Gasteiger partial charge >= 0.3 is 0 Å². The van der Waals surface area contributed by atoms with E-state index in [2.05, 4.69) is 31.1 Å². The van der Waals surface area contributed by atoms with E-state index in [1.54, 1.807) is 0 Å². The smallest absolute Gasteiger partial charge is 0.188 e. The third-order valence-corrected chi connectivity index (χ3v) is 4.68. The zero-order valence-corrected chi connectivity index (χ0v) is 15.7. The maximum atomic E-state index is 5.91. The predicted octanol–water partition coefficient (Wildman–Crippen LogP) is 3.62. The molecule has 0 aliphatic carbocycles. The molecule has 0 amide bonds. The molecule has 2 unspecified atom stereocenters. The predicted molar refractivity (Wildman–Crippen MR) is 98.7 cm³/mol. The van der Waals surface area contributed by atoms with Crippen LogP contribution < -0.4 is 11.1 Å². The molecular weight excluding hydrogens is 369 g/mol. The summed E-state index contributed by atoms with van der Waals surface area (Å²) in [5.74, 6) is 2.71. The molecule has 1 fully saturated rings. The van der Waals surface area contributed by atoms with Gasteiger partial charge in [0.2, 0.25) is 0 Å². The van der Waals surface area contributed by atoms with Gasteiger partial charge in [-0.2, -0.15) is 11.8 Å². The number of nitrogens with two attached hydrogens (primary N) is 1. The fraction of sp³-hybridized carbons (Fsp3) is 0.929. The Morgan fingerprint density at radius 1 is 1.37 bits per heavy atom. The molecule has 3 nitrogen and oxygen atoms in total. The van der Waals surface area contributed by atoms with Gasteiger partial charge in [-0.3, -0.25) is 4.99 Å². The van der Waals surface area contributed by atoms with E-state index in [-0.39, 0.29) is 24.0 Å². The van der Waals surface area contributed by atoms with E-state index in [1.165, 1.54) is 37.9 Å². The van der Waals surface area contributed by atoms with E-state index in [4.69, 9.17) is 5.73 Å². The van der Waals surface area contributed by atoms with Crippen LogP contribution in [0.3, 0.4) is 0 Å². The quantitative estimate of drug-likeness (QED) is 0.391. The highest BCUT2D eigenvalue weighted by Crippen LogP contribution is 2.25. The number of nitrogens with one attached hydrogen (secondary N) is 1. The van der Waals surface area contributed by atoms with E-state index < -0.39 is 0 Å². The van der Waals surface area contributed by atoms with Crippen LogP contribution in [0.2, 0.25) is 0 Å². The largest absolute Gasteiger partial charge is 0.370 e. The average Bonchev–Trinajstić information content (AvgIpc) is 2.78. The van der Waals surface area contributed by atoms with Crippen molar-refractivity contribution in [2.45, 2.75) is 64.2 Å². The molecule has 1 rings (SSSR count). The summed E-state index contributed by atoms with van der Waals surface area (Å²) < 4.78 is 0. The van der Waals surface area contributed by atoms with Crippen molar-refractivity contribution in [1.82, 2.24) is 5.32 Å². The van der Waals surface area contributed by atoms with Gasteiger partial charge in [0.15, 0.2) is 5.96 Å². The normalized spacial score (nSPS) is 21.3. The van der Waals surface area contributed by atoms with Crippen LogP contribution in [0.25, 0.3) is 0 Å². The highest BCUT2D eigenvalue weighted by Gasteiger charge is 2.14. The Morgan fingerprint density at radius 3 is 2.68 bits per heavy atom. The molecular formula is C14H30IN3S. The van der Waals surface area contributed by atoms with Crippen LogP contribution in [0.15, 0.2) is 4.99 Å². The standard InChI is InChI=1S/C14H29N3S.HI/c1-11(2)6-4-7-12(3)17-14(15)16-10-13-8-5-9-18-13;/h11-13H,4-10H2,1-3H3,(H3,15,16,17);1H. The van der Waals surface area contributed by atoms with Crippen LogP contribution in [0.4, 0.5) is 0 Å². The van der Waals surface area contributed by atoms with Crippen LogP contribution in [-0.2, 0) is 0 Å². The van der Waals surface area contributed by atoms with Crippen LogP contribution in [0, 0.1) is 5.92 Å². The molecule has 0 aromatic rings. The first-order valence-corrected chi connectivity index (χ1v) is 8.31. The molecule has 0 spiro atoms. The first-order chi connectivity index (χ1) is 8.58. The Labute approximate surface area is 140 Å². The maximum absolute atomic E-state index is 5.91. The number of thioether (sulfide) groups is 1. The highest BCUT2D eigenvalue weighted by atomic mass is 127. The lowest BCUT2D eigenvalue weighted by Crippen LogP contribution is -2.38. The van der Waals surface area contributed by atoms with Crippen molar-refractivity contribution in [3.8, 4) is 0 Å². The van der Waals surface area contributed by atoms with Crippen molar-refractivity contribution in [2.75, 3.05) is 12.3 Å². The molecule has 1 aliphatic rings. The number of nitrogens with zero attached hydrogens (tertiary/aromatic N) is 1. The molecule has 0 bridgehead atoms. The number of rotatable bonds is 7. The van der Waals surface area contributed by atoms with Crippen LogP contribution >= 0.6 is 35.7 Å². The van der Waals surface area contributed by atoms with Gasteiger partial charge in [0, 0.05) is 11.3 Å². The molecule has 2 atom stereocenters. The van der Waals surface area contributed by atoms with E-state index in [0.717, 1.165) is 12.5 Å². The van der Waals surface area contributed by atoms with Crippen molar-refractivity contribution >= 4 is 41.7 Å². The van der Waals surface area contributed by atoms with Gasteiger partial charge < -0.3 is 11.1 Å². The molecule has 5 heteroatoms. The minimum Gasteiger partial charge on any atom is -0.370 e. The molecule has 19 heavy (non-hydrogen) atoms. The van der Waals surface area contributed by atoms with Crippen LogP contribution in [0.5, 0.6) is 0 Å². The zero-order chi connectivity index (χ0) is 13.4. The third-order valence-electron chi connectivity index (χ3n) is 3.30. The second kappa shape index (κ2) is 11.1. The minimum absolute atomic E-state index is 0. The van der Waals surface area contributed by atoms with E-state index in [9.17, 15) is 0 Å². The second-order valence-electron chi connectivity index (χ2n) is 5.73. The first-order valence-electron chi connectivity index (χ1n) is 7.26.